The van der Waals surface area contributed by atoms with Crippen molar-refractivity contribution in [2.24, 2.45) is 0 Å². The number of carbonyl (C=O) groups excluding carboxylic acids is 1. The summed E-state index contributed by atoms with van der Waals surface area (Å²) in [6.07, 6.45) is 1.21. The maximum atomic E-state index is 12.2. The zero-order chi connectivity index (χ0) is 19.2. The van der Waals surface area contributed by atoms with Gasteiger partial charge in [0.1, 0.15) is 5.75 Å². The van der Waals surface area contributed by atoms with Crippen molar-refractivity contribution in [2.75, 3.05) is 18.7 Å². The predicted molar refractivity (Wildman–Crippen MR) is 111 cm³/mol. The van der Waals surface area contributed by atoms with E-state index in [1.165, 1.54) is 16.4 Å². The molecule has 0 bridgehead atoms. The second-order valence-electron chi connectivity index (χ2n) is 5.76. The molecule has 0 aliphatic carbocycles. The number of aromatic nitrogens is 3. The number of hydrogen-bond acceptors (Lipinski definition) is 6. The van der Waals surface area contributed by atoms with Gasteiger partial charge in [0, 0.05) is 22.2 Å². The van der Waals surface area contributed by atoms with Gasteiger partial charge in [-0.05, 0) is 30.7 Å². The summed E-state index contributed by atoms with van der Waals surface area (Å²) in [6, 6.07) is 14.9. The zero-order valence-corrected chi connectivity index (χ0v) is 17.2. The van der Waals surface area contributed by atoms with Crippen molar-refractivity contribution >= 4 is 33.5 Å². The van der Waals surface area contributed by atoms with Crippen molar-refractivity contribution in [1.82, 2.24) is 14.9 Å². The number of para-hydroxylation sites is 1. The average Bonchev–Trinajstić information content (AvgIpc) is 3.06. The van der Waals surface area contributed by atoms with E-state index in [4.69, 9.17) is 10.6 Å². The molecule has 1 heterocycles. The Labute approximate surface area is 170 Å². The molecular weight excluding hydrogens is 428 g/mol. The molecule has 8 heteroatoms. The Morgan fingerprint density at radius 1 is 1.19 bits per heavy atom. The van der Waals surface area contributed by atoms with Crippen LogP contribution in [0.5, 0.6) is 5.75 Å². The molecular formula is C19H19BrN4O2S. The molecule has 3 aromatic rings. The molecule has 0 aliphatic rings. The normalized spacial score (nSPS) is 10.7. The van der Waals surface area contributed by atoms with Gasteiger partial charge in [0.05, 0.1) is 12.7 Å². The highest BCUT2D eigenvalue weighted by Crippen LogP contribution is 2.29. The summed E-state index contributed by atoms with van der Waals surface area (Å²) >= 11 is 4.85. The Bertz CT molecular complexity index is 928. The number of ketones is 1. The monoisotopic (exact) mass is 446 g/mol. The molecule has 27 heavy (non-hydrogen) atoms. The third-order valence-corrected chi connectivity index (χ3v) is 5.52. The first kappa shape index (κ1) is 19.4. The van der Waals surface area contributed by atoms with E-state index >= 15 is 0 Å². The van der Waals surface area contributed by atoms with Crippen molar-refractivity contribution in [2.45, 2.75) is 18.0 Å². The number of methoxy groups -OCH3 is 1. The molecule has 0 unspecified atom stereocenters. The van der Waals surface area contributed by atoms with Crippen LogP contribution in [-0.2, 0) is 0 Å². The standard InChI is InChI=1S/C19H19BrN4O2S/c1-26-17-7-3-2-5-15(17)18-22-23-19(24(18)21)27-12-4-6-16(25)13-8-10-14(20)11-9-13/h2-3,5,7-11H,4,6,12,21H2,1H3. The fourth-order valence-electron chi connectivity index (χ4n) is 2.56. The first-order chi connectivity index (χ1) is 13.1. The van der Waals surface area contributed by atoms with E-state index < -0.39 is 0 Å². The summed E-state index contributed by atoms with van der Waals surface area (Å²) in [7, 11) is 1.61. The van der Waals surface area contributed by atoms with Gasteiger partial charge in [-0.25, -0.2) is 4.68 Å². The molecule has 0 saturated heterocycles. The minimum atomic E-state index is 0.132. The smallest absolute Gasteiger partial charge is 0.210 e. The van der Waals surface area contributed by atoms with Crippen LogP contribution in [0.1, 0.15) is 23.2 Å². The number of thioether (sulfide) groups is 1. The van der Waals surface area contributed by atoms with Crippen molar-refractivity contribution in [3.63, 3.8) is 0 Å². The summed E-state index contributed by atoms with van der Waals surface area (Å²) in [5, 5.41) is 8.94. The highest BCUT2D eigenvalue weighted by molar-refractivity contribution is 9.10. The van der Waals surface area contributed by atoms with Gasteiger partial charge in [0.15, 0.2) is 11.6 Å². The van der Waals surface area contributed by atoms with Gasteiger partial charge >= 0.3 is 0 Å². The van der Waals surface area contributed by atoms with Crippen LogP contribution in [0.15, 0.2) is 58.2 Å². The third-order valence-electron chi connectivity index (χ3n) is 3.96. The number of halogens is 1. The minimum absolute atomic E-state index is 0.132. The summed E-state index contributed by atoms with van der Waals surface area (Å²) in [5.41, 5.74) is 1.51. The maximum absolute atomic E-state index is 12.2. The maximum Gasteiger partial charge on any atom is 0.210 e. The van der Waals surface area contributed by atoms with E-state index in [2.05, 4.69) is 26.1 Å². The van der Waals surface area contributed by atoms with Crippen LogP contribution in [0.2, 0.25) is 0 Å². The predicted octanol–water partition coefficient (Wildman–Crippen LogP) is 4.19. The Morgan fingerprint density at radius 2 is 1.93 bits per heavy atom. The molecule has 0 amide bonds. The Balaban J connectivity index is 1.57. The second-order valence-corrected chi connectivity index (χ2v) is 7.74. The van der Waals surface area contributed by atoms with Gasteiger partial charge in [-0.2, -0.15) is 0 Å². The number of carbonyl (C=O) groups is 1. The van der Waals surface area contributed by atoms with Crippen LogP contribution in [0.25, 0.3) is 11.4 Å². The van der Waals surface area contributed by atoms with Crippen molar-refractivity contribution < 1.29 is 9.53 Å². The van der Waals surface area contributed by atoms with E-state index in [-0.39, 0.29) is 5.78 Å². The molecule has 140 valence electrons. The number of nitrogens with zero attached hydrogens (tertiary/aromatic N) is 3. The lowest BCUT2D eigenvalue weighted by Gasteiger charge is -2.07. The van der Waals surface area contributed by atoms with Crippen molar-refractivity contribution in [1.29, 1.82) is 0 Å². The largest absolute Gasteiger partial charge is 0.496 e. The SMILES string of the molecule is COc1ccccc1-c1nnc(SCCCC(=O)c2ccc(Br)cc2)n1N. The van der Waals surface area contributed by atoms with E-state index in [1.807, 2.05) is 48.5 Å². The molecule has 3 rings (SSSR count). The number of benzene rings is 2. The molecule has 0 aliphatic heterocycles. The van der Waals surface area contributed by atoms with Crippen LogP contribution in [0.3, 0.4) is 0 Å². The quantitative estimate of drug-likeness (QED) is 0.241. The van der Waals surface area contributed by atoms with Gasteiger partial charge in [0.2, 0.25) is 5.16 Å². The fraction of sp³-hybridized carbons (Fsp3) is 0.211. The zero-order valence-electron chi connectivity index (χ0n) is 14.8. The number of ether oxygens (including phenoxy) is 1. The van der Waals surface area contributed by atoms with E-state index in [0.29, 0.717) is 23.2 Å². The Kier molecular flexibility index (Phi) is 6.52. The third kappa shape index (κ3) is 4.70. The van der Waals surface area contributed by atoms with E-state index in [0.717, 1.165) is 27.8 Å². The highest BCUT2D eigenvalue weighted by Gasteiger charge is 2.15. The molecule has 0 spiro atoms. The van der Waals surface area contributed by atoms with Gasteiger partial charge in [0.25, 0.3) is 0 Å². The van der Waals surface area contributed by atoms with Crippen LogP contribution >= 0.6 is 27.7 Å². The lowest BCUT2D eigenvalue weighted by molar-refractivity contribution is 0.0982. The number of nitrogens with two attached hydrogens (primary N) is 1. The molecule has 6 nitrogen and oxygen atoms in total. The molecule has 2 N–H and O–H groups in total. The molecule has 2 aromatic carbocycles. The molecule has 0 atom stereocenters. The molecule has 0 fully saturated rings. The average molecular weight is 447 g/mol. The van der Waals surface area contributed by atoms with Crippen LogP contribution in [0, 0.1) is 0 Å². The molecule has 0 saturated carbocycles. The number of nitrogen functional groups attached to an aromatic ring is 1. The molecule has 1 aromatic heterocycles. The first-order valence-corrected chi connectivity index (χ1v) is 10.1. The number of Topliss-reactive ketones (excluding diaryl/α,β-unsaturated/α-hetero) is 1. The number of rotatable bonds is 8. The lowest BCUT2D eigenvalue weighted by atomic mass is 10.1. The van der Waals surface area contributed by atoms with Crippen molar-refractivity contribution in [3.05, 3.63) is 58.6 Å². The lowest BCUT2D eigenvalue weighted by Crippen LogP contribution is -2.12. The molecule has 0 radical (unpaired) electrons. The van der Waals surface area contributed by atoms with Gasteiger partial charge < -0.3 is 10.6 Å². The topological polar surface area (TPSA) is 83.0 Å². The summed E-state index contributed by atoms with van der Waals surface area (Å²) in [5.74, 6) is 8.24. The van der Waals surface area contributed by atoms with Gasteiger partial charge in [-0.3, -0.25) is 4.79 Å². The van der Waals surface area contributed by atoms with Crippen LogP contribution in [-0.4, -0.2) is 33.5 Å². The first-order valence-electron chi connectivity index (χ1n) is 8.35. The number of hydrogen-bond donors (Lipinski definition) is 1. The summed E-state index contributed by atoms with van der Waals surface area (Å²) in [6.45, 7) is 0. The van der Waals surface area contributed by atoms with E-state index in [1.54, 1.807) is 7.11 Å². The Hall–Kier alpha value is -2.32. The van der Waals surface area contributed by atoms with Crippen LogP contribution in [0.4, 0.5) is 0 Å². The van der Waals surface area contributed by atoms with Gasteiger partial charge in [-0.1, -0.05) is 52.0 Å². The van der Waals surface area contributed by atoms with Crippen LogP contribution < -0.4 is 10.6 Å². The van der Waals surface area contributed by atoms with E-state index in [9.17, 15) is 4.79 Å². The fourth-order valence-corrected chi connectivity index (χ4v) is 3.62. The summed E-state index contributed by atoms with van der Waals surface area (Å²) < 4.78 is 7.77. The minimum Gasteiger partial charge on any atom is -0.496 e. The van der Waals surface area contributed by atoms with Gasteiger partial charge in [-0.15, -0.1) is 10.2 Å². The highest BCUT2D eigenvalue weighted by atomic mass is 79.9. The summed E-state index contributed by atoms with van der Waals surface area (Å²) in [4.78, 5) is 12.2. The van der Waals surface area contributed by atoms with Crippen molar-refractivity contribution in [3.8, 4) is 17.1 Å². The second kappa shape index (κ2) is 9.05. The Morgan fingerprint density at radius 3 is 2.67 bits per heavy atom.